The Balaban J connectivity index is 3.16. The first-order valence-corrected chi connectivity index (χ1v) is 3.84. The molecule has 1 amide bonds. The number of hydrogen-bond acceptors (Lipinski definition) is 1. The number of carbonyl (C=O) groups excluding carboxylic acids is 1. The van der Waals surface area contributed by atoms with Gasteiger partial charge in [0.25, 0.3) is 0 Å². The number of allylic oxidation sites excluding steroid dienone is 3. The Hall–Kier alpha value is -1.31. The molecule has 0 aromatic rings. The van der Waals surface area contributed by atoms with Crippen LogP contribution < -0.4 is 5.32 Å². The lowest BCUT2D eigenvalue weighted by atomic mass is 9.85. The molecule has 2 nitrogen and oxygen atoms in total. The minimum absolute atomic E-state index is 0.000556. The maximum absolute atomic E-state index is 11.3. The molecule has 0 radical (unpaired) electrons. The number of amides is 1. The van der Waals surface area contributed by atoms with E-state index in [1.165, 1.54) is 0 Å². The van der Waals surface area contributed by atoms with Gasteiger partial charge in [-0.15, -0.1) is 0 Å². The van der Waals surface area contributed by atoms with Crippen LogP contribution in [-0.2, 0) is 4.79 Å². The lowest BCUT2D eigenvalue weighted by molar-refractivity contribution is -0.124. The molecule has 1 aliphatic heterocycles. The van der Waals surface area contributed by atoms with Crippen LogP contribution in [0.4, 0.5) is 0 Å². The van der Waals surface area contributed by atoms with Crippen LogP contribution in [0.15, 0.2) is 36.6 Å². The maximum Gasteiger partial charge on any atom is 0.234 e. The summed E-state index contributed by atoms with van der Waals surface area (Å²) < 4.78 is 0. The molecule has 0 aromatic carbocycles. The molecule has 1 fully saturated rings. The molecule has 2 heteroatoms. The van der Waals surface area contributed by atoms with E-state index in [1.807, 2.05) is 19.9 Å². The van der Waals surface area contributed by atoms with Gasteiger partial charge < -0.3 is 5.32 Å². The predicted molar refractivity (Wildman–Crippen MR) is 49.3 cm³/mol. The zero-order valence-electron chi connectivity index (χ0n) is 7.48. The molecule has 1 rings (SSSR count). The third-order valence-corrected chi connectivity index (χ3v) is 2.12. The molecule has 1 aliphatic rings. The van der Waals surface area contributed by atoms with Gasteiger partial charge in [-0.05, 0) is 19.4 Å². The summed E-state index contributed by atoms with van der Waals surface area (Å²) in [5.41, 5.74) is 1.14. The van der Waals surface area contributed by atoms with Crippen molar-refractivity contribution in [2.75, 3.05) is 0 Å². The Morgan fingerprint density at radius 1 is 1.50 bits per heavy atom. The summed E-state index contributed by atoms with van der Waals surface area (Å²) in [4.78, 5) is 11.3. The van der Waals surface area contributed by atoms with Gasteiger partial charge in [0.15, 0.2) is 0 Å². The molecular formula is C10H13NO. The first kappa shape index (κ1) is 8.78. The summed E-state index contributed by atoms with van der Waals surface area (Å²) in [7, 11) is 0. The Bertz CT molecular complexity index is 284. The quantitative estimate of drug-likeness (QED) is 0.627. The third-order valence-electron chi connectivity index (χ3n) is 2.12. The van der Waals surface area contributed by atoms with E-state index in [0.29, 0.717) is 5.70 Å². The van der Waals surface area contributed by atoms with Crippen LogP contribution in [0.3, 0.4) is 0 Å². The van der Waals surface area contributed by atoms with Crippen LogP contribution in [0.25, 0.3) is 0 Å². The molecular weight excluding hydrogens is 150 g/mol. The van der Waals surface area contributed by atoms with Crippen LogP contribution in [0, 0.1) is 5.41 Å². The van der Waals surface area contributed by atoms with Crippen LogP contribution in [-0.4, -0.2) is 5.91 Å². The van der Waals surface area contributed by atoms with E-state index in [0.717, 1.165) is 5.57 Å². The van der Waals surface area contributed by atoms with Crippen molar-refractivity contribution in [1.82, 2.24) is 5.32 Å². The number of nitrogens with one attached hydrogen (secondary N) is 1. The molecule has 0 bridgehead atoms. The highest BCUT2D eigenvalue weighted by atomic mass is 16.2. The molecule has 0 saturated carbocycles. The van der Waals surface area contributed by atoms with Crippen LogP contribution in [0.1, 0.15) is 13.8 Å². The molecule has 1 N–H and O–H groups in total. The van der Waals surface area contributed by atoms with Crippen molar-refractivity contribution in [1.29, 1.82) is 0 Å². The van der Waals surface area contributed by atoms with E-state index >= 15 is 0 Å². The second-order valence-electron chi connectivity index (χ2n) is 3.37. The number of hydrogen-bond donors (Lipinski definition) is 1. The topological polar surface area (TPSA) is 29.1 Å². The molecule has 0 atom stereocenters. The summed E-state index contributed by atoms with van der Waals surface area (Å²) in [6.45, 7) is 11.1. The van der Waals surface area contributed by atoms with Gasteiger partial charge in [-0.2, -0.15) is 0 Å². The average molecular weight is 163 g/mol. The van der Waals surface area contributed by atoms with Crippen molar-refractivity contribution < 1.29 is 4.79 Å². The van der Waals surface area contributed by atoms with Gasteiger partial charge >= 0.3 is 0 Å². The third kappa shape index (κ3) is 1.09. The summed E-state index contributed by atoms with van der Waals surface area (Å²) in [6.07, 6.45) is 3.49. The highest BCUT2D eigenvalue weighted by Gasteiger charge is 2.39. The molecule has 64 valence electrons. The normalized spacial score (nSPS) is 24.3. The molecule has 12 heavy (non-hydrogen) atoms. The van der Waals surface area contributed by atoms with E-state index < -0.39 is 5.41 Å². The second kappa shape index (κ2) is 2.63. The van der Waals surface area contributed by atoms with Gasteiger partial charge in [-0.1, -0.05) is 25.3 Å². The van der Waals surface area contributed by atoms with E-state index in [9.17, 15) is 4.79 Å². The van der Waals surface area contributed by atoms with Crippen LogP contribution in [0.5, 0.6) is 0 Å². The smallest absolute Gasteiger partial charge is 0.234 e. The van der Waals surface area contributed by atoms with E-state index in [1.54, 1.807) is 6.08 Å². The van der Waals surface area contributed by atoms with E-state index in [2.05, 4.69) is 18.5 Å². The van der Waals surface area contributed by atoms with Crippen molar-refractivity contribution in [2.24, 2.45) is 5.41 Å². The summed E-state index contributed by atoms with van der Waals surface area (Å²) in [5.74, 6) is 0.000556. The van der Waals surface area contributed by atoms with Gasteiger partial charge in [0.05, 0.1) is 5.41 Å². The minimum atomic E-state index is -0.467. The van der Waals surface area contributed by atoms with Crippen molar-refractivity contribution in [3.05, 3.63) is 36.6 Å². The van der Waals surface area contributed by atoms with E-state index in [4.69, 9.17) is 0 Å². The largest absolute Gasteiger partial charge is 0.326 e. The monoisotopic (exact) mass is 163 g/mol. The van der Waals surface area contributed by atoms with Crippen molar-refractivity contribution in [3.8, 4) is 0 Å². The Labute approximate surface area is 72.7 Å². The van der Waals surface area contributed by atoms with Gasteiger partial charge in [0, 0.05) is 5.70 Å². The van der Waals surface area contributed by atoms with Crippen molar-refractivity contribution in [3.63, 3.8) is 0 Å². The lowest BCUT2D eigenvalue weighted by Crippen LogP contribution is -2.25. The summed E-state index contributed by atoms with van der Waals surface area (Å²) >= 11 is 0. The van der Waals surface area contributed by atoms with Crippen molar-refractivity contribution in [2.45, 2.75) is 13.8 Å². The molecule has 0 aromatic heterocycles. The van der Waals surface area contributed by atoms with Crippen LogP contribution >= 0.6 is 0 Å². The molecule has 1 heterocycles. The first-order valence-electron chi connectivity index (χ1n) is 3.84. The minimum Gasteiger partial charge on any atom is -0.326 e. The average Bonchev–Trinajstić information content (AvgIpc) is 2.14. The molecule has 0 aliphatic carbocycles. The van der Waals surface area contributed by atoms with Crippen LogP contribution in [0.2, 0.25) is 0 Å². The van der Waals surface area contributed by atoms with Gasteiger partial charge in [0.1, 0.15) is 0 Å². The standard InChI is InChI=1S/C10H13NO/c1-5-6-8-7(2)11-9(12)10(8,3)4/h5-6H,1-2H2,3-4H3,(H,11,12)/b8-6+. The van der Waals surface area contributed by atoms with Gasteiger partial charge in [-0.3, -0.25) is 4.79 Å². The maximum atomic E-state index is 11.3. The summed E-state index contributed by atoms with van der Waals surface area (Å²) in [5, 5.41) is 2.69. The zero-order chi connectivity index (χ0) is 9.35. The number of carbonyl (C=O) groups is 1. The number of rotatable bonds is 1. The Morgan fingerprint density at radius 2 is 2.08 bits per heavy atom. The highest BCUT2D eigenvalue weighted by Crippen LogP contribution is 2.35. The van der Waals surface area contributed by atoms with Gasteiger partial charge in [-0.25, -0.2) is 0 Å². The fraction of sp³-hybridized carbons (Fsp3) is 0.300. The molecule has 0 unspecified atom stereocenters. The fourth-order valence-electron chi connectivity index (χ4n) is 1.29. The lowest BCUT2D eigenvalue weighted by Gasteiger charge is -2.14. The Kier molecular flexibility index (Phi) is 1.92. The Morgan fingerprint density at radius 3 is 2.42 bits per heavy atom. The highest BCUT2D eigenvalue weighted by molar-refractivity contribution is 5.92. The van der Waals surface area contributed by atoms with Gasteiger partial charge in [0.2, 0.25) is 5.91 Å². The SMILES string of the molecule is C=C/C=C1\C(=C)NC(=O)C1(C)C. The predicted octanol–water partition coefficient (Wildman–Crippen LogP) is 1.77. The summed E-state index contributed by atoms with van der Waals surface area (Å²) in [6, 6.07) is 0. The first-order chi connectivity index (χ1) is 5.50. The molecule has 1 saturated heterocycles. The molecule has 0 spiro atoms. The van der Waals surface area contributed by atoms with Crippen molar-refractivity contribution >= 4 is 5.91 Å². The van der Waals surface area contributed by atoms with E-state index in [-0.39, 0.29) is 5.91 Å². The zero-order valence-corrected chi connectivity index (χ0v) is 7.48. The fourth-order valence-corrected chi connectivity index (χ4v) is 1.29. The second-order valence-corrected chi connectivity index (χ2v) is 3.37.